The van der Waals surface area contributed by atoms with Gasteiger partial charge in [-0.15, -0.1) is 11.3 Å². The van der Waals surface area contributed by atoms with Gasteiger partial charge >= 0.3 is 0 Å². The fraction of sp³-hybridized carbons (Fsp3) is 0.812. The van der Waals surface area contributed by atoms with Gasteiger partial charge in [0.25, 0.3) is 0 Å². The average molecular weight is 294 g/mol. The van der Waals surface area contributed by atoms with Gasteiger partial charge in [-0.25, -0.2) is 4.98 Å². The number of aromatic nitrogens is 1. The van der Waals surface area contributed by atoms with Crippen molar-refractivity contribution >= 4 is 11.3 Å². The first-order chi connectivity index (χ1) is 9.46. The topological polar surface area (TPSA) is 34.1 Å². The molecule has 2 aliphatic heterocycles. The van der Waals surface area contributed by atoms with Crippen molar-refractivity contribution in [1.29, 1.82) is 0 Å². The number of thiazole rings is 1. The second-order valence-corrected chi connectivity index (χ2v) is 8.21. The van der Waals surface area contributed by atoms with E-state index < -0.39 is 0 Å². The highest BCUT2D eigenvalue weighted by molar-refractivity contribution is 7.11. The third-order valence-corrected chi connectivity index (χ3v) is 5.56. The quantitative estimate of drug-likeness (QED) is 0.921. The van der Waals surface area contributed by atoms with E-state index in [9.17, 15) is 0 Å². The molecule has 3 rings (SSSR count). The summed E-state index contributed by atoms with van der Waals surface area (Å²) in [6, 6.07) is 0. The molecule has 3 unspecified atom stereocenters. The molecule has 0 aromatic carbocycles. The summed E-state index contributed by atoms with van der Waals surface area (Å²) in [6.07, 6.45) is 5.65. The van der Waals surface area contributed by atoms with Gasteiger partial charge in [-0.1, -0.05) is 6.92 Å². The smallest absolute Gasteiger partial charge is 0.0989 e. The first kappa shape index (κ1) is 14.5. The number of rotatable bonds is 4. The molecule has 2 aliphatic rings. The molecule has 4 heteroatoms. The van der Waals surface area contributed by atoms with E-state index in [1.807, 2.05) is 11.3 Å². The van der Waals surface area contributed by atoms with E-state index in [2.05, 4.69) is 33.0 Å². The van der Waals surface area contributed by atoms with E-state index in [-0.39, 0.29) is 5.54 Å². The van der Waals surface area contributed by atoms with Crippen molar-refractivity contribution in [1.82, 2.24) is 10.3 Å². The predicted octanol–water partition coefficient (Wildman–Crippen LogP) is 3.63. The van der Waals surface area contributed by atoms with Crippen molar-refractivity contribution in [2.75, 3.05) is 0 Å². The molecule has 0 aliphatic carbocycles. The third-order valence-electron chi connectivity index (χ3n) is 4.33. The van der Waals surface area contributed by atoms with Gasteiger partial charge in [0.15, 0.2) is 0 Å². The minimum absolute atomic E-state index is 0.157. The lowest BCUT2D eigenvalue weighted by Crippen LogP contribution is -2.35. The minimum Gasteiger partial charge on any atom is -0.374 e. The standard InChI is InChI=1S/C16H26N2OS/c1-5-12-14(9-17-16(2,3)4)20-15(18-12)11-8-10-6-7-13(11)19-10/h10-11,13,17H,5-9H2,1-4H3. The van der Waals surface area contributed by atoms with E-state index in [0.29, 0.717) is 18.1 Å². The van der Waals surface area contributed by atoms with Crippen LogP contribution in [0.2, 0.25) is 0 Å². The number of ether oxygens (including phenoxy) is 1. The Morgan fingerprint density at radius 1 is 1.35 bits per heavy atom. The second-order valence-electron chi connectivity index (χ2n) is 7.10. The summed E-state index contributed by atoms with van der Waals surface area (Å²) in [5.74, 6) is 0.562. The SMILES string of the molecule is CCc1nc(C2CC3CCC2O3)sc1CNC(C)(C)C. The highest BCUT2D eigenvalue weighted by Crippen LogP contribution is 2.45. The largest absolute Gasteiger partial charge is 0.374 e. The normalized spacial score (nSPS) is 29.3. The van der Waals surface area contributed by atoms with E-state index >= 15 is 0 Å². The number of fused-ring (bicyclic) bond motifs is 2. The molecule has 20 heavy (non-hydrogen) atoms. The molecule has 1 aromatic rings. The molecule has 2 saturated heterocycles. The Balaban J connectivity index is 1.75. The van der Waals surface area contributed by atoms with Crippen LogP contribution in [0.15, 0.2) is 0 Å². The van der Waals surface area contributed by atoms with E-state index in [1.165, 1.54) is 34.8 Å². The van der Waals surface area contributed by atoms with Crippen molar-refractivity contribution in [2.24, 2.45) is 0 Å². The summed E-state index contributed by atoms with van der Waals surface area (Å²) in [4.78, 5) is 6.35. The molecule has 1 N–H and O–H groups in total. The predicted molar refractivity (Wildman–Crippen MR) is 83.3 cm³/mol. The molecular weight excluding hydrogens is 268 g/mol. The van der Waals surface area contributed by atoms with E-state index in [1.54, 1.807) is 0 Å². The Hall–Kier alpha value is -0.450. The molecule has 3 nitrogen and oxygen atoms in total. The van der Waals surface area contributed by atoms with Crippen molar-refractivity contribution in [3.05, 3.63) is 15.6 Å². The first-order valence-electron chi connectivity index (χ1n) is 7.85. The van der Waals surface area contributed by atoms with Gasteiger partial charge in [0.1, 0.15) is 0 Å². The van der Waals surface area contributed by atoms with Crippen LogP contribution in [0.3, 0.4) is 0 Å². The summed E-state index contributed by atoms with van der Waals surface area (Å²) >= 11 is 1.91. The lowest BCUT2D eigenvalue weighted by molar-refractivity contribution is 0.100. The van der Waals surface area contributed by atoms with Crippen molar-refractivity contribution < 1.29 is 4.74 Å². The summed E-state index contributed by atoms with van der Waals surface area (Å²) in [7, 11) is 0. The van der Waals surface area contributed by atoms with Gasteiger partial charge in [0.05, 0.1) is 22.9 Å². The van der Waals surface area contributed by atoms with Crippen LogP contribution in [0.25, 0.3) is 0 Å². The number of nitrogens with one attached hydrogen (secondary N) is 1. The van der Waals surface area contributed by atoms with E-state index in [0.717, 1.165) is 13.0 Å². The zero-order chi connectivity index (χ0) is 14.3. The Kier molecular flexibility index (Phi) is 3.91. The van der Waals surface area contributed by atoms with Crippen molar-refractivity contribution in [3.8, 4) is 0 Å². The van der Waals surface area contributed by atoms with Gasteiger partial charge < -0.3 is 10.1 Å². The summed E-state index contributed by atoms with van der Waals surface area (Å²) in [6.45, 7) is 9.78. The van der Waals surface area contributed by atoms with Gasteiger partial charge in [0, 0.05) is 22.9 Å². The Morgan fingerprint density at radius 3 is 2.70 bits per heavy atom. The Labute approximate surface area is 126 Å². The van der Waals surface area contributed by atoms with Crippen molar-refractivity contribution in [3.63, 3.8) is 0 Å². The lowest BCUT2D eigenvalue weighted by atomic mass is 9.90. The number of aryl methyl sites for hydroxylation is 1. The zero-order valence-electron chi connectivity index (χ0n) is 13.0. The minimum atomic E-state index is 0.157. The first-order valence-corrected chi connectivity index (χ1v) is 8.67. The summed E-state index contributed by atoms with van der Waals surface area (Å²) in [5, 5.41) is 4.91. The molecule has 0 saturated carbocycles. The monoisotopic (exact) mass is 294 g/mol. The Bertz CT molecular complexity index is 477. The number of hydrogen-bond donors (Lipinski definition) is 1. The molecule has 3 atom stereocenters. The summed E-state index contributed by atoms with van der Waals surface area (Å²) in [5.41, 5.74) is 1.44. The molecule has 0 radical (unpaired) electrons. The maximum Gasteiger partial charge on any atom is 0.0989 e. The molecule has 0 amide bonds. The number of hydrogen-bond acceptors (Lipinski definition) is 4. The van der Waals surface area contributed by atoms with Crippen LogP contribution in [0, 0.1) is 0 Å². The van der Waals surface area contributed by atoms with Crippen LogP contribution < -0.4 is 5.32 Å². The van der Waals surface area contributed by atoms with Gasteiger partial charge in [0.2, 0.25) is 0 Å². The highest BCUT2D eigenvalue weighted by atomic mass is 32.1. The average Bonchev–Trinajstić information content (AvgIpc) is 3.09. The van der Waals surface area contributed by atoms with Crippen LogP contribution in [0.1, 0.15) is 68.5 Å². The molecular formula is C16H26N2OS. The van der Waals surface area contributed by atoms with Crippen LogP contribution in [-0.4, -0.2) is 22.7 Å². The zero-order valence-corrected chi connectivity index (χ0v) is 13.8. The van der Waals surface area contributed by atoms with Gasteiger partial charge in [-0.3, -0.25) is 0 Å². The fourth-order valence-electron chi connectivity index (χ4n) is 3.22. The van der Waals surface area contributed by atoms with Crippen molar-refractivity contribution in [2.45, 2.75) is 83.6 Å². The van der Waals surface area contributed by atoms with Gasteiger partial charge in [-0.05, 0) is 46.5 Å². The van der Waals surface area contributed by atoms with Gasteiger partial charge in [-0.2, -0.15) is 0 Å². The summed E-state index contributed by atoms with van der Waals surface area (Å²) < 4.78 is 5.99. The molecule has 3 heterocycles. The molecule has 2 bridgehead atoms. The molecule has 0 spiro atoms. The Morgan fingerprint density at radius 2 is 2.15 bits per heavy atom. The molecule has 1 aromatic heterocycles. The van der Waals surface area contributed by atoms with Crippen LogP contribution in [0.4, 0.5) is 0 Å². The van der Waals surface area contributed by atoms with Crippen LogP contribution in [-0.2, 0) is 17.7 Å². The molecule has 2 fully saturated rings. The highest BCUT2D eigenvalue weighted by Gasteiger charge is 2.43. The fourth-order valence-corrected chi connectivity index (χ4v) is 4.48. The number of nitrogens with zero attached hydrogens (tertiary/aromatic N) is 1. The van der Waals surface area contributed by atoms with Crippen LogP contribution in [0.5, 0.6) is 0 Å². The van der Waals surface area contributed by atoms with E-state index in [4.69, 9.17) is 9.72 Å². The third kappa shape index (κ3) is 2.92. The maximum absolute atomic E-state index is 5.99. The van der Waals surface area contributed by atoms with Crippen LogP contribution >= 0.6 is 11.3 Å². The maximum atomic E-state index is 5.99. The molecule has 112 valence electrons. The lowest BCUT2D eigenvalue weighted by Gasteiger charge is -2.20. The second kappa shape index (κ2) is 5.39.